The minimum absolute atomic E-state index is 0.0734. The van der Waals surface area contributed by atoms with Crippen molar-refractivity contribution in [3.05, 3.63) is 17.3 Å². The lowest BCUT2D eigenvalue weighted by molar-refractivity contribution is 0.0652. The van der Waals surface area contributed by atoms with E-state index in [1.807, 2.05) is 13.8 Å². The summed E-state index contributed by atoms with van der Waals surface area (Å²) in [6.45, 7) is 4.19. The minimum atomic E-state index is -1.08. The largest absolute Gasteiger partial charge is 0.475 e. The summed E-state index contributed by atoms with van der Waals surface area (Å²) < 4.78 is 9.91. The number of aromatic nitrogens is 1. The Morgan fingerprint density at radius 1 is 1.60 bits per heavy atom. The Morgan fingerprint density at radius 2 is 2.27 bits per heavy atom. The van der Waals surface area contributed by atoms with Gasteiger partial charge < -0.3 is 14.3 Å². The molecule has 1 rings (SSSR count). The van der Waals surface area contributed by atoms with Crippen LogP contribution in [0.25, 0.3) is 0 Å². The van der Waals surface area contributed by atoms with Gasteiger partial charge in [0.15, 0.2) is 0 Å². The number of oxazole rings is 1. The van der Waals surface area contributed by atoms with E-state index in [1.165, 1.54) is 7.11 Å². The Hall–Kier alpha value is -1.36. The van der Waals surface area contributed by atoms with E-state index >= 15 is 0 Å². The maximum Gasteiger partial charge on any atom is 0.373 e. The van der Waals surface area contributed by atoms with Gasteiger partial charge in [-0.2, -0.15) is 0 Å². The number of carbonyl (C=O) groups is 1. The summed E-state index contributed by atoms with van der Waals surface area (Å²) in [5.41, 5.74) is 0.490. The molecule has 5 heteroatoms. The second-order valence-corrected chi connectivity index (χ2v) is 3.72. The summed E-state index contributed by atoms with van der Waals surface area (Å²) in [4.78, 5) is 14.9. The standard InChI is InChI=1S/C10H15NO4/c1-6(2)4-7-9(10(12)13)15-8(11-7)5-14-3/h6H,4-5H2,1-3H3,(H,12,13). The van der Waals surface area contributed by atoms with E-state index in [2.05, 4.69) is 4.98 Å². The minimum Gasteiger partial charge on any atom is -0.475 e. The summed E-state index contributed by atoms with van der Waals surface area (Å²) >= 11 is 0. The van der Waals surface area contributed by atoms with Crippen LogP contribution in [0, 0.1) is 5.92 Å². The quantitative estimate of drug-likeness (QED) is 0.806. The Morgan fingerprint density at radius 3 is 2.73 bits per heavy atom. The van der Waals surface area contributed by atoms with Crippen molar-refractivity contribution in [1.29, 1.82) is 0 Å². The van der Waals surface area contributed by atoms with Crippen molar-refractivity contribution in [3.63, 3.8) is 0 Å². The number of carboxylic acids is 1. The van der Waals surface area contributed by atoms with Crippen LogP contribution in [0.3, 0.4) is 0 Å². The number of rotatable bonds is 5. The van der Waals surface area contributed by atoms with E-state index in [1.54, 1.807) is 0 Å². The van der Waals surface area contributed by atoms with Gasteiger partial charge in [-0.15, -0.1) is 0 Å². The molecule has 0 fully saturated rings. The summed E-state index contributed by atoms with van der Waals surface area (Å²) in [7, 11) is 1.51. The Bertz CT molecular complexity index is 343. The molecule has 0 saturated carbocycles. The number of hydrogen-bond acceptors (Lipinski definition) is 4. The maximum absolute atomic E-state index is 10.8. The van der Waals surface area contributed by atoms with E-state index in [4.69, 9.17) is 14.3 Å². The van der Waals surface area contributed by atoms with Gasteiger partial charge in [0.25, 0.3) is 0 Å². The lowest BCUT2D eigenvalue weighted by Gasteiger charge is -1.99. The van der Waals surface area contributed by atoms with Crippen molar-refractivity contribution in [2.45, 2.75) is 26.9 Å². The van der Waals surface area contributed by atoms with Gasteiger partial charge in [0.05, 0.1) is 5.69 Å². The van der Waals surface area contributed by atoms with Crippen LogP contribution in [-0.2, 0) is 17.8 Å². The fourth-order valence-corrected chi connectivity index (χ4v) is 1.28. The highest BCUT2D eigenvalue weighted by molar-refractivity contribution is 5.85. The van der Waals surface area contributed by atoms with E-state index in [0.717, 1.165) is 0 Å². The first-order valence-electron chi connectivity index (χ1n) is 4.75. The molecule has 1 heterocycles. The molecule has 0 aliphatic rings. The Labute approximate surface area is 88.1 Å². The van der Waals surface area contributed by atoms with Gasteiger partial charge in [0.2, 0.25) is 11.7 Å². The van der Waals surface area contributed by atoms with Crippen LogP contribution in [0.15, 0.2) is 4.42 Å². The second kappa shape index (κ2) is 4.93. The van der Waals surface area contributed by atoms with Crippen LogP contribution in [0.1, 0.15) is 36.0 Å². The van der Waals surface area contributed by atoms with E-state index in [-0.39, 0.29) is 12.4 Å². The first-order valence-corrected chi connectivity index (χ1v) is 4.75. The van der Waals surface area contributed by atoms with Gasteiger partial charge in [0.1, 0.15) is 6.61 Å². The smallest absolute Gasteiger partial charge is 0.373 e. The molecular formula is C10H15NO4. The first kappa shape index (κ1) is 11.7. The first-order chi connectivity index (χ1) is 7.04. The number of nitrogens with zero attached hydrogens (tertiary/aromatic N) is 1. The van der Waals surface area contributed by atoms with Gasteiger partial charge in [-0.05, 0) is 12.3 Å². The van der Waals surface area contributed by atoms with E-state index in [9.17, 15) is 4.79 Å². The molecule has 0 bridgehead atoms. The third-order valence-electron chi connectivity index (χ3n) is 1.81. The molecule has 1 aromatic rings. The van der Waals surface area contributed by atoms with Crippen LogP contribution < -0.4 is 0 Å². The molecule has 0 unspecified atom stereocenters. The number of ether oxygens (including phenoxy) is 1. The SMILES string of the molecule is COCc1nc(CC(C)C)c(C(=O)O)o1. The molecule has 0 spiro atoms. The monoisotopic (exact) mass is 213 g/mol. The van der Waals surface area contributed by atoms with Crippen LogP contribution in [0.4, 0.5) is 0 Å². The topological polar surface area (TPSA) is 72.6 Å². The zero-order chi connectivity index (χ0) is 11.4. The van der Waals surface area contributed by atoms with Crippen molar-refractivity contribution >= 4 is 5.97 Å². The van der Waals surface area contributed by atoms with Crippen molar-refractivity contribution in [2.24, 2.45) is 5.92 Å². The van der Waals surface area contributed by atoms with Crippen molar-refractivity contribution in [2.75, 3.05) is 7.11 Å². The number of hydrogen-bond donors (Lipinski definition) is 1. The molecule has 0 aliphatic heterocycles. The van der Waals surface area contributed by atoms with Crippen molar-refractivity contribution < 1.29 is 19.1 Å². The molecule has 0 amide bonds. The highest BCUT2D eigenvalue weighted by Gasteiger charge is 2.19. The Kier molecular flexibility index (Phi) is 3.85. The number of aromatic carboxylic acids is 1. The predicted molar refractivity (Wildman–Crippen MR) is 52.7 cm³/mol. The van der Waals surface area contributed by atoms with Crippen LogP contribution in [0.2, 0.25) is 0 Å². The fourth-order valence-electron chi connectivity index (χ4n) is 1.28. The third-order valence-corrected chi connectivity index (χ3v) is 1.81. The molecule has 5 nitrogen and oxygen atoms in total. The predicted octanol–water partition coefficient (Wildman–Crippen LogP) is 1.72. The van der Waals surface area contributed by atoms with Gasteiger partial charge >= 0.3 is 5.97 Å². The summed E-state index contributed by atoms with van der Waals surface area (Å²) in [6, 6.07) is 0. The average molecular weight is 213 g/mol. The van der Waals surface area contributed by atoms with E-state index in [0.29, 0.717) is 23.9 Å². The summed E-state index contributed by atoms with van der Waals surface area (Å²) in [6.07, 6.45) is 0.592. The van der Waals surface area contributed by atoms with Gasteiger partial charge in [-0.3, -0.25) is 0 Å². The zero-order valence-corrected chi connectivity index (χ0v) is 9.11. The normalized spacial score (nSPS) is 10.9. The van der Waals surface area contributed by atoms with Crippen LogP contribution in [0.5, 0.6) is 0 Å². The zero-order valence-electron chi connectivity index (χ0n) is 9.11. The highest BCUT2D eigenvalue weighted by Crippen LogP contribution is 2.15. The Balaban J connectivity index is 2.95. The maximum atomic E-state index is 10.8. The van der Waals surface area contributed by atoms with Crippen LogP contribution in [-0.4, -0.2) is 23.2 Å². The molecule has 1 aromatic heterocycles. The van der Waals surface area contributed by atoms with Gasteiger partial charge in [-0.25, -0.2) is 9.78 Å². The fraction of sp³-hybridized carbons (Fsp3) is 0.600. The molecule has 0 aromatic carbocycles. The van der Waals surface area contributed by atoms with Gasteiger partial charge in [-0.1, -0.05) is 13.8 Å². The van der Waals surface area contributed by atoms with Gasteiger partial charge in [0, 0.05) is 7.11 Å². The molecule has 0 saturated heterocycles. The summed E-state index contributed by atoms with van der Waals surface area (Å²) in [5.74, 6) is -0.509. The average Bonchev–Trinajstić information content (AvgIpc) is 2.47. The van der Waals surface area contributed by atoms with Crippen LogP contribution >= 0.6 is 0 Å². The summed E-state index contributed by atoms with van der Waals surface area (Å²) in [5, 5.41) is 8.89. The number of carboxylic acid groups (broad SMARTS) is 1. The lowest BCUT2D eigenvalue weighted by atomic mass is 10.1. The molecule has 15 heavy (non-hydrogen) atoms. The van der Waals surface area contributed by atoms with E-state index < -0.39 is 5.97 Å². The molecule has 84 valence electrons. The molecule has 1 N–H and O–H groups in total. The lowest BCUT2D eigenvalue weighted by Crippen LogP contribution is -2.03. The number of methoxy groups -OCH3 is 1. The molecule has 0 radical (unpaired) electrons. The van der Waals surface area contributed by atoms with Crippen molar-refractivity contribution in [3.8, 4) is 0 Å². The highest BCUT2D eigenvalue weighted by atomic mass is 16.5. The molecular weight excluding hydrogens is 198 g/mol. The third kappa shape index (κ3) is 3.06. The van der Waals surface area contributed by atoms with Crippen molar-refractivity contribution in [1.82, 2.24) is 4.98 Å². The molecule has 0 atom stereocenters. The second-order valence-electron chi connectivity index (χ2n) is 3.72. The molecule has 0 aliphatic carbocycles.